The first-order valence-electron chi connectivity index (χ1n) is 8.07. The molecule has 0 fully saturated rings. The molecule has 0 saturated carbocycles. The Balaban J connectivity index is 1.84. The fourth-order valence-electron chi connectivity index (χ4n) is 2.18. The molecule has 2 aromatic carbocycles. The predicted octanol–water partition coefficient (Wildman–Crippen LogP) is 4.42. The first-order chi connectivity index (χ1) is 11.8. The van der Waals surface area contributed by atoms with Gasteiger partial charge in [0.2, 0.25) is 0 Å². The minimum absolute atomic E-state index is 0.0965. The summed E-state index contributed by atoms with van der Waals surface area (Å²) in [5.74, 6) is -0.799. The standard InChI is InChI=1S/C20H23FN2O2/c1-14-5-10-17(21)11-18(14)23-19(24)13-25-22-12-15-6-8-16(9-7-15)20(2,3)4/h5-12H,13H2,1-4H3,(H,23,24)/b22-12+. The number of carbonyl (C=O) groups is 1. The Hall–Kier alpha value is -2.69. The molecular formula is C20H23FN2O2. The summed E-state index contributed by atoms with van der Waals surface area (Å²) < 4.78 is 13.2. The summed E-state index contributed by atoms with van der Waals surface area (Å²) in [7, 11) is 0. The Morgan fingerprint density at radius 3 is 2.52 bits per heavy atom. The number of aryl methyl sites for hydroxylation is 1. The zero-order chi connectivity index (χ0) is 18.4. The summed E-state index contributed by atoms with van der Waals surface area (Å²) in [6.45, 7) is 8.00. The van der Waals surface area contributed by atoms with Crippen molar-refractivity contribution in [2.24, 2.45) is 5.16 Å². The van der Waals surface area contributed by atoms with E-state index in [0.717, 1.165) is 11.1 Å². The molecule has 0 heterocycles. The van der Waals surface area contributed by atoms with Gasteiger partial charge in [-0.15, -0.1) is 0 Å². The molecule has 2 rings (SSSR count). The van der Waals surface area contributed by atoms with E-state index in [4.69, 9.17) is 4.84 Å². The van der Waals surface area contributed by atoms with Gasteiger partial charge in [0.1, 0.15) is 5.82 Å². The summed E-state index contributed by atoms with van der Waals surface area (Å²) in [6, 6.07) is 12.2. The maximum Gasteiger partial charge on any atom is 0.265 e. The molecule has 0 bridgehead atoms. The fraction of sp³-hybridized carbons (Fsp3) is 0.300. The Labute approximate surface area is 147 Å². The molecule has 0 aliphatic heterocycles. The molecule has 0 saturated heterocycles. The average Bonchev–Trinajstić information content (AvgIpc) is 2.55. The van der Waals surface area contributed by atoms with Crippen LogP contribution in [0.25, 0.3) is 0 Å². The summed E-state index contributed by atoms with van der Waals surface area (Å²) in [5, 5.41) is 6.39. The van der Waals surface area contributed by atoms with Crippen LogP contribution in [0.5, 0.6) is 0 Å². The Bertz CT molecular complexity index is 762. The Morgan fingerprint density at radius 1 is 1.20 bits per heavy atom. The monoisotopic (exact) mass is 342 g/mol. The van der Waals surface area contributed by atoms with Gasteiger partial charge in [-0.3, -0.25) is 4.79 Å². The van der Waals surface area contributed by atoms with Gasteiger partial charge in [-0.05, 0) is 41.2 Å². The number of halogens is 1. The van der Waals surface area contributed by atoms with Crippen LogP contribution in [-0.2, 0) is 15.0 Å². The van der Waals surface area contributed by atoms with Crippen molar-refractivity contribution >= 4 is 17.8 Å². The fourth-order valence-corrected chi connectivity index (χ4v) is 2.18. The molecule has 0 spiro atoms. The van der Waals surface area contributed by atoms with Gasteiger partial charge in [-0.25, -0.2) is 4.39 Å². The highest BCUT2D eigenvalue weighted by Gasteiger charge is 2.12. The van der Waals surface area contributed by atoms with E-state index >= 15 is 0 Å². The summed E-state index contributed by atoms with van der Waals surface area (Å²) in [5.41, 5.74) is 3.41. The quantitative estimate of drug-likeness (QED) is 0.646. The van der Waals surface area contributed by atoms with E-state index in [1.807, 2.05) is 24.3 Å². The van der Waals surface area contributed by atoms with Crippen LogP contribution < -0.4 is 5.32 Å². The number of amides is 1. The second-order valence-electron chi connectivity index (χ2n) is 6.89. The van der Waals surface area contributed by atoms with Gasteiger partial charge < -0.3 is 10.2 Å². The Morgan fingerprint density at radius 2 is 1.88 bits per heavy atom. The second kappa shape index (κ2) is 7.92. The van der Waals surface area contributed by atoms with E-state index in [0.29, 0.717) is 5.69 Å². The van der Waals surface area contributed by atoms with Crippen molar-refractivity contribution in [1.29, 1.82) is 0 Å². The third kappa shape index (κ3) is 5.71. The highest BCUT2D eigenvalue weighted by Crippen LogP contribution is 2.21. The molecule has 0 aromatic heterocycles. The normalized spacial score (nSPS) is 11.6. The Kier molecular flexibility index (Phi) is 5.91. The zero-order valence-electron chi connectivity index (χ0n) is 15.0. The van der Waals surface area contributed by atoms with Crippen molar-refractivity contribution < 1.29 is 14.0 Å². The minimum atomic E-state index is -0.404. The zero-order valence-corrected chi connectivity index (χ0v) is 15.0. The first kappa shape index (κ1) is 18.6. The van der Waals surface area contributed by atoms with Crippen LogP contribution in [0.4, 0.5) is 10.1 Å². The smallest absolute Gasteiger partial charge is 0.265 e. The maximum atomic E-state index is 13.2. The lowest BCUT2D eigenvalue weighted by atomic mass is 9.87. The van der Waals surface area contributed by atoms with Gasteiger partial charge in [0.05, 0.1) is 6.21 Å². The van der Waals surface area contributed by atoms with Crippen LogP contribution in [0.3, 0.4) is 0 Å². The topological polar surface area (TPSA) is 50.7 Å². The van der Waals surface area contributed by atoms with E-state index in [9.17, 15) is 9.18 Å². The number of nitrogens with zero attached hydrogens (tertiary/aromatic N) is 1. The molecular weight excluding hydrogens is 319 g/mol. The molecule has 1 N–H and O–H groups in total. The van der Waals surface area contributed by atoms with Crippen LogP contribution in [0.15, 0.2) is 47.6 Å². The van der Waals surface area contributed by atoms with Crippen molar-refractivity contribution in [1.82, 2.24) is 0 Å². The summed E-state index contributed by atoms with van der Waals surface area (Å²) in [4.78, 5) is 16.8. The third-order valence-electron chi connectivity index (χ3n) is 3.72. The minimum Gasteiger partial charge on any atom is -0.386 e. The molecule has 0 unspecified atom stereocenters. The highest BCUT2D eigenvalue weighted by molar-refractivity contribution is 5.92. The number of rotatable bonds is 5. The molecule has 4 nitrogen and oxygen atoms in total. The predicted molar refractivity (Wildman–Crippen MR) is 98.5 cm³/mol. The number of anilines is 1. The molecule has 0 atom stereocenters. The number of hydrogen-bond acceptors (Lipinski definition) is 3. The van der Waals surface area contributed by atoms with E-state index in [-0.39, 0.29) is 12.0 Å². The van der Waals surface area contributed by atoms with Crippen LogP contribution >= 0.6 is 0 Å². The maximum absolute atomic E-state index is 13.2. The molecule has 0 radical (unpaired) electrons. The van der Waals surface area contributed by atoms with Gasteiger partial charge in [0.15, 0.2) is 6.61 Å². The molecule has 25 heavy (non-hydrogen) atoms. The summed E-state index contributed by atoms with van der Waals surface area (Å²) >= 11 is 0. The third-order valence-corrected chi connectivity index (χ3v) is 3.72. The van der Waals surface area contributed by atoms with E-state index < -0.39 is 11.7 Å². The van der Waals surface area contributed by atoms with E-state index in [2.05, 4.69) is 31.2 Å². The van der Waals surface area contributed by atoms with Crippen molar-refractivity contribution in [3.63, 3.8) is 0 Å². The number of benzene rings is 2. The largest absolute Gasteiger partial charge is 0.386 e. The summed E-state index contributed by atoms with van der Waals surface area (Å²) in [6.07, 6.45) is 1.55. The number of carbonyl (C=O) groups excluding carboxylic acids is 1. The highest BCUT2D eigenvalue weighted by atomic mass is 19.1. The van der Waals surface area contributed by atoms with Crippen LogP contribution in [0.1, 0.15) is 37.5 Å². The first-order valence-corrected chi connectivity index (χ1v) is 8.07. The van der Waals surface area contributed by atoms with E-state index in [1.54, 1.807) is 19.2 Å². The molecule has 1 amide bonds. The van der Waals surface area contributed by atoms with Gasteiger partial charge >= 0.3 is 0 Å². The molecule has 132 valence electrons. The van der Waals surface area contributed by atoms with Crippen LogP contribution in [0.2, 0.25) is 0 Å². The SMILES string of the molecule is Cc1ccc(F)cc1NC(=O)CO/N=C/c1ccc(C(C)(C)C)cc1. The molecule has 2 aromatic rings. The molecule has 0 aliphatic carbocycles. The molecule has 0 aliphatic rings. The lowest BCUT2D eigenvalue weighted by Gasteiger charge is -2.18. The number of oxime groups is 1. The number of nitrogens with one attached hydrogen (secondary N) is 1. The van der Waals surface area contributed by atoms with E-state index in [1.165, 1.54) is 17.7 Å². The number of hydrogen-bond donors (Lipinski definition) is 1. The lowest BCUT2D eigenvalue weighted by Crippen LogP contribution is -2.17. The van der Waals surface area contributed by atoms with Gasteiger partial charge in [-0.1, -0.05) is 56.3 Å². The van der Waals surface area contributed by atoms with Gasteiger partial charge in [0, 0.05) is 5.69 Å². The average molecular weight is 342 g/mol. The van der Waals surface area contributed by atoms with Gasteiger partial charge in [-0.2, -0.15) is 0 Å². The van der Waals surface area contributed by atoms with Crippen molar-refractivity contribution in [2.75, 3.05) is 11.9 Å². The van der Waals surface area contributed by atoms with Crippen molar-refractivity contribution in [2.45, 2.75) is 33.1 Å². The molecule has 5 heteroatoms. The van der Waals surface area contributed by atoms with Crippen LogP contribution in [0, 0.1) is 12.7 Å². The lowest BCUT2D eigenvalue weighted by molar-refractivity contribution is -0.120. The van der Waals surface area contributed by atoms with Gasteiger partial charge in [0.25, 0.3) is 5.91 Å². The van der Waals surface area contributed by atoms with Crippen molar-refractivity contribution in [3.05, 3.63) is 65.0 Å². The second-order valence-corrected chi connectivity index (χ2v) is 6.89. The van der Waals surface area contributed by atoms with Crippen LogP contribution in [-0.4, -0.2) is 18.7 Å². The van der Waals surface area contributed by atoms with Crippen molar-refractivity contribution in [3.8, 4) is 0 Å².